The molecule has 0 bridgehead atoms. The second kappa shape index (κ2) is 6.44. The van der Waals surface area contributed by atoms with Crippen LogP contribution >= 0.6 is 31.9 Å². The molecule has 2 heteroatoms. The fourth-order valence-electron chi connectivity index (χ4n) is 3.66. The van der Waals surface area contributed by atoms with Crippen molar-refractivity contribution in [1.29, 1.82) is 0 Å². The van der Waals surface area contributed by atoms with Gasteiger partial charge in [-0.25, -0.2) is 0 Å². The van der Waals surface area contributed by atoms with Gasteiger partial charge in [-0.05, 0) is 34.8 Å². The maximum Gasteiger partial charge on any atom is 0.00715 e. The molecule has 1 saturated carbocycles. The molecule has 0 aliphatic heterocycles. The first-order valence-corrected chi connectivity index (χ1v) is 9.33. The Labute approximate surface area is 137 Å². The summed E-state index contributed by atoms with van der Waals surface area (Å²) in [6.45, 7) is 0. The van der Waals surface area contributed by atoms with Gasteiger partial charge in [-0.3, -0.25) is 0 Å². The third kappa shape index (κ3) is 2.48. The molecule has 3 rings (SSSR count). The Balaban J connectivity index is 1.91. The first kappa shape index (κ1) is 14.3. The zero-order valence-corrected chi connectivity index (χ0v) is 14.4. The van der Waals surface area contributed by atoms with Crippen LogP contribution in [0.3, 0.4) is 0 Å². The van der Waals surface area contributed by atoms with Crippen molar-refractivity contribution in [2.24, 2.45) is 11.8 Å². The monoisotopic (exact) mass is 392 g/mol. The van der Waals surface area contributed by atoms with Crippen LogP contribution in [-0.4, -0.2) is 10.7 Å². The molecule has 1 fully saturated rings. The predicted octanol–water partition coefficient (Wildman–Crippen LogP) is 5.59. The van der Waals surface area contributed by atoms with Crippen molar-refractivity contribution in [3.8, 4) is 0 Å². The molecule has 0 N–H and O–H groups in total. The van der Waals surface area contributed by atoms with Crippen molar-refractivity contribution in [2.45, 2.75) is 11.8 Å². The normalized spacial score (nSPS) is 28.9. The fraction of sp³-hybridized carbons (Fsp3) is 0.333. The summed E-state index contributed by atoms with van der Waals surface area (Å²) in [5, 5.41) is 2.13. The summed E-state index contributed by atoms with van der Waals surface area (Å²) in [5.41, 5.74) is 2.96. The lowest BCUT2D eigenvalue weighted by Gasteiger charge is -2.52. The Morgan fingerprint density at radius 1 is 0.600 bits per heavy atom. The van der Waals surface area contributed by atoms with E-state index in [-0.39, 0.29) is 0 Å². The molecule has 0 atom stereocenters. The van der Waals surface area contributed by atoms with Crippen LogP contribution in [0.4, 0.5) is 0 Å². The van der Waals surface area contributed by atoms with E-state index in [4.69, 9.17) is 0 Å². The van der Waals surface area contributed by atoms with Gasteiger partial charge in [-0.2, -0.15) is 0 Å². The average molecular weight is 394 g/mol. The van der Waals surface area contributed by atoms with Crippen LogP contribution in [0.1, 0.15) is 23.0 Å². The van der Waals surface area contributed by atoms with Crippen molar-refractivity contribution in [3.05, 3.63) is 71.8 Å². The van der Waals surface area contributed by atoms with E-state index in [0.29, 0.717) is 23.7 Å². The molecule has 0 heterocycles. The second-order valence-electron chi connectivity index (χ2n) is 5.51. The molecule has 0 unspecified atom stereocenters. The van der Waals surface area contributed by atoms with E-state index in [1.165, 1.54) is 11.1 Å². The minimum Gasteiger partial charge on any atom is -0.0925 e. The van der Waals surface area contributed by atoms with Crippen molar-refractivity contribution in [2.75, 3.05) is 10.7 Å². The lowest BCUT2D eigenvalue weighted by atomic mass is 9.54. The number of hydrogen-bond acceptors (Lipinski definition) is 0. The Hall–Kier alpha value is -0.600. The Bertz CT molecular complexity index is 478. The Morgan fingerprint density at radius 3 is 1.25 bits per heavy atom. The van der Waals surface area contributed by atoms with Crippen LogP contribution in [-0.2, 0) is 0 Å². The molecule has 0 aromatic heterocycles. The zero-order chi connectivity index (χ0) is 13.9. The molecule has 0 saturated heterocycles. The molecule has 20 heavy (non-hydrogen) atoms. The van der Waals surface area contributed by atoms with Crippen molar-refractivity contribution >= 4 is 31.9 Å². The van der Waals surface area contributed by atoms with Crippen LogP contribution < -0.4 is 0 Å². The van der Waals surface area contributed by atoms with E-state index in [1.54, 1.807) is 0 Å². The highest BCUT2D eigenvalue weighted by Gasteiger charge is 2.49. The number of alkyl halides is 2. The van der Waals surface area contributed by atoms with Gasteiger partial charge in [0.05, 0.1) is 0 Å². The number of halogens is 2. The van der Waals surface area contributed by atoms with Crippen LogP contribution in [0.25, 0.3) is 0 Å². The molecule has 2 aromatic carbocycles. The first-order chi connectivity index (χ1) is 9.86. The Kier molecular flexibility index (Phi) is 4.62. The highest BCUT2D eigenvalue weighted by atomic mass is 79.9. The van der Waals surface area contributed by atoms with Gasteiger partial charge in [0.1, 0.15) is 0 Å². The maximum absolute atomic E-state index is 3.74. The lowest BCUT2D eigenvalue weighted by Crippen LogP contribution is -2.45. The summed E-state index contributed by atoms with van der Waals surface area (Å²) in [5.74, 6) is 2.67. The van der Waals surface area contributed by atoms with Gasteiger partial charge in [0.25, 0.3) is 0 Å². The molecule has 0 spiro atoms. The minimum absolute atomic E-state index is 0.653. The fourth-order valence-corrected chi connectivity index (χ4v) is 5.27. The Morgan fingerprint density at radius 2 is 0.950 bits per heavy atom. The summed E-state index contributed by atoms with van der Waals surface area (Å²) in [6, 6.07) is 21.9. The standard InChI is InChI=1S/C18H18Br2/c19-11-15-17(13-7-3-1-4-8-13)16(12-20)18(15)14-9-5-2-6-10-14/h1-10,15-18H,11-12H2. The molecular formula is C18H18Br2. The summed E-state index contributed by atoms with van der Waals surface area (Å²) in [7, 11) is 0. The van der Waals surface area contributed by atoms with Crippen LogP contribution in [0.15, 0.2) is 60.7 Å². The topological polar surface area (TPSA) is 0 Å². The van der Waals surface area contributed by atoms with E-state index >= 15 is 0 Å². The van der Waals surface area contributed by atoms with Crippen LogP contribution in [0, 0.1) is 11.8 Å². The summed E-state index contributed by atoms with van der Waals surface area (Å²) >= 11 is 7.49. The minimum atomic E-state index is 0.653. The molecular weight excluding hydrogens is 376 g/mol. The number of benzene rings is 2. The highest BCUT2D eigenvalue weighted by molar-refractivity contribution is 9.09. The zero-order valence-electron chi connectivity index (χ0n) is 11.3. The average Bonchev–Trinajstić information content (AvgIpc) is 2.49. The van der Waals surface area contributed by atoms with Gasteiger partial charge < -0.3 is 0 Å². The molecule has 0 radical (unpaired) electrons. The van der Waals surface area contributed by atoms with Gasteiger partial charge in [0, 0.05) is 10.7 Å². The maximum atomic E-state index is 3.74. The molecule has 104 valence electrons. The second-order valence-corrected chi connectivity index (χ2v) is 6.80. The molecule has 0 nitrogen and oxygen atoms in total. The van der Waals surface area contributed by atoms with Crippen molar-refractivity contribution in [1.82, 2.24) is 0 Å². The summed E-state index contributed by atoms with van der Waals surface area (Å²) in [4.78, 5) is 0. The quantitative estimate of drug-likeness (QED) is 0.594. The summed E-state index contributed by atoms with van der Waals surface area (Å²) in [6.07, 6.45) is 0. The third-order valence-electron chi connectivity index (χ3n) is 4.57. The molecule has 1 aliphatic rings. The lowest BCUT2D eigenvalue weighted by molar-refractivity contribution is 0.136. The van der Waals surface area contributed by atoms with Crippen molar-refractivity contribution in [3.63, 3.8) is 0 Å². The van der Waals surface area contributed by atoms with E-state index in [2.05, 4.69) is 92.5 Å². The van der Waals surface area contributed by atoms with E-state index < -0.39 is 0 Å². The number of rotatable bonds is 4. The highest BCUT2D eigenvalue weighted by Crippen LogP contribution is 2.58. The van der Waals surface area contributed by atoms with E-state index in [9.17, 15) is 0 Å². The predicted molar refractivity (Wildman–Crippen MR) is 92.9 cm³/mol. The van der Waals surface area contributed by atoms with Gasteiger partial charge in [-0.1, -0.05) is 92.5 Å². The van der Waals surface area contributed by atoms with Gasteiger partial charge in [-0.15, -0.1) is 0 Å². The van der Waals surface area contributed by atoms with Gasteiger partial charge >= 0.3 is 0 Å². The van der Waals surface area contributed by atoms with Crippen molar-refractivity contribution < 1.29 is 0 Å². The smallest absolute Gasteiger partial charge is 0.00715 e. The molecule has 1 aliphatic carbocycles. The molecule has 0 amide bonds. The van der Waals surface area contributed by atoms with E-state index in [1.807, 2.05) is 0 Å². The summed E-state index contributed by atoms with van der Waals surface area (Å²) < 4.78 is 0. The van der Waals surface area contributed by atoms with Crippen LogP contribution in [0.2, 0.25) is 0 Å². The number of hydrogen-bond donors (Lipinski definition) is 0. The SMILES string of the molecule is BrCC1C(c2ccccc2)C(CBr)C1c1ccccc1. The van der Waals surface area contributed by atoms with Crippen LogP contribution in [0.5, 0.6) is 0 Å². The largest absolute Gasteiger partial charge is 0.0925 e. The third-order valence-corrected chi connectivity index (χ3v) is 6.07. The van der Waals surface area contributed by atoms with E-state index in [0.717, 1.165) is 10.7 Å². The van der Waals surface area contributed by atoms with Gasteiger partial charge in [0.2, 0.25) is 0 Å². The first-order valence-electron chi connectivity index (χ1n) is 7.08. The van der Waals surface area contributed by atoms with Gasteiger partial charge in [0.15, 0.2) is 0 Å². The molecule has 2 aromatic rings.